The van der Waals surface area contributed by atoms with Gasteiger partial charge in [0.1, 0.15) is 5.75 Å². The van der Waals surface area contributed by atoms with E-state index in [-0.39, 0.29) is 5.78 Å². The second-order valence-corrected chi connectivity index (χ2v) is 3.42. The van der Waals surface area contributed by atoms with Crippen LogP contribution in [-0.2, 0) is 4.79 Å². The van der Waals surface area contributed by atoms with E-state index >= 15 is 0 Å². The predicted octanol–water partition coefficient (Wildman–Crippen LogP) is 2.23. The molecule has 2 rings (SSSR count). The van der Waals surface area contributed by atoms with Gasteiger partial charge in [0.05, 0.1) is 12.8 Å². The van der Waals surface area contributed by atoms with E-state index in [2.05, 4.69) is 4.98 Å². The Morgan fingerprint density at radius 3 is 3.00 bits per heavy atom. The number of carbonyl (C=O) groups is 1. The number of nitrogens with zero attached hydrogens (tertiary/aromatic N) is 1. The van der Waals surface area contributed by atoms with Gasteiger partial charge in [-0.15, -0.1) is 0 Å². The van der Waals surface area contributed by atoms with Crippen LogP contribution in [0.5, 0.6) is 5.75 Å². The summed E-state index contributed by atoms with van der Waals surface area (Å²) in [4.78, 5) is 15.6. The van der Waals surface area contributed by atoms with Crippen LogP contribution in [0.1, 0.15) is 25.3 Å². The van der Waals surface area contributed by atoms with E-state index in [1.807, 2.05) is 19.1 Å². The first kappa shape index (κ1) is 9.90. The molecule has 0 N–H and O–H groups in total. The van der Waals surface area contributed by atoms with E-state index in [1.165, 1.54) is 0 Å². The quantitative estimate of drug-likeness (QED) is 0.756. The summed E-state index contributed by atoms with van der Waals surface area (Å²) >= 11 is 0. The molecule has 0 saturated heterocycles. The van der Waals surface area contributed by atoms with Crippen molar-refractivity contribution < 1.29 is 9.53 Å². The second kappa shape index (κ2) is 4.26. The van der Waals surface area contributed by atoms with Crippen molar-refractivity contribution in [2.24, 2.45) is 0 Å². The van der Waals surface area contributed by atoms with Crippen LogP contribution in [0.25, 0.3) is 5.57 Å². The Labute approximate surface area is 88.8 Å². The average Bonchev–Trinajstić information content (AvgIpc) is 2.65. The number of rotatable bonds is 3. The summed E-state index contributed by atoms with van der Waals surface area (Å²) in [5.74, 6) is 0.918. The standard InChI is InChI=1S/C12H13NO2/c1-2-15-10-6-9(7-13-8-10)11-4-3-5-12(11)14/h4,6-8H,2-3,5H2,1H3. The molecule has 0 aromatic carbocycles. The molecule has 15 heavy (non-hydrogen) atoms. The van der Waals surface area contributed by atoms with Crippen molar-refractivity contribution in [2.45, 2.75) is 19.8 Å². The molecule has 3 heteroatoms. The van der Waals surface area contributed by atoms with Crippen molar-refractivity contribution in [1.82, 2.24) is 4.98 Å². The van der Waals surface area contributed by atoms with Gasteiger partial charge in [-0.2, -0.15) is 0 Å². The molecule has 0 aliphatic heterocycles. The second-order valence-electron chi connectivity index (χ2n) is 3.42. The van der Waals surface area contributed by atoms with Gasteiger partial charge in [-0.25, -0.2) is 0 Å². The van der Waals surface area contributed by atoms with Gasteiger partial charge in [-0.3, -0.25) is 9.78 Å². The summed E-state index contributed by atoms with van der Waals surface area (Å²) in [7, 11) is 0. The minimum Gasteiger partial charge on any atom is -0.492 e. The van der Waals surface area contributed by atoms with E-state index in [0.29, 0.717) is 13.0 Å². The molecule has 0 atom stereocenters. The Hall–Kier alpha value is -1.64. The SMILES string of the molecule is CCOc1cncc(C2=CCCC2=O)c1. The van der Waals surface area contributed by atoms with Crippen molar-refractivity contribution in [3.05, 3.63) is 30.1 Å². The monoisotopic (exact) mass is 203 g/mol. The highest BCUT2D eigenvalue weighted by atomic mass is 16.5. The van der Waals surface area contributed by atoms with Crippen LogP contribution in [0, 0.1) is 0 Å². The summed E-state index contributed by atoms with van der Waals surface area (Å²) in [6.07, 6.45) is 6.79. The molecule has 0 saturated carbocycles. The molecule has 78 valence electrons. The van der Waals surface area contributed by atoms with Crippen LogP contribution in [0.4, 0.5) is 0 Å². The fourth-order valence-corrected chi connectivity index (χ4v) is 1.69. The lowest BCUT2D eigenvalue weighted by Gasteiger charge is -2.05. The fraction of sp³-hybridized carbons (Fsp3) is 0.333. The van der Waals surface area contributed by atoms with Gasteiger partial charge in [-0.05, 0) is 19.4 Å². The molecule has 1 aliphatic rings. The third kappa shape index (κ3) is 2.06. The van der Waals surface area contributed by atoms with Gasteiger partial charge in [-0.1, -0.05) is 6.08 Å². The fourth-order valence-electron chi connectivity index (χ4n) is 1.69. The first-order chi connectivity index (χ1) is 7.31. The number of hydrogen-bond donors (Lipinski definition) is 0. The minimum atomic E-state index is 0.199. The van der Waals surface area contributed by atoms with Gasteiger partial charge < -0.3 is 4.74 Å². The summed E-state index contributed by atoms with van der Waals surface area (Å²) in [5, 5.41) is 0. The van der Waals surface area contributed by atoms with E-state index in [9.17, 15) is 4.79 Å². The first-order valence-corrected chi connectivity index (χ1v) is 5.13. The number of aromatic nitrogens is 1. The number of pyridine rings is 1. The van der Waals surface area contributed by atoms with Gasteiger partial charge >= 0.3 is 0 Å². The van der Waals surface area contributed by atoms with Crippen molar-refractivity contribution in [2.75, 3.05) is 6.61 Å². The third-order valence-electron chi connectivity index (χ3n) is 2.36. The maximum absolute atomic E-state index is 11.5. The Morgan fingerprint density at radius 2 is 2.33 bits per heavy atom. The van der Waals surface area contributed by atoms with Crippen LogP contribution >= 0.6 is 0 Å². The van der Waals surface area contributed by atoms with Gasteiger partial charge in [0.2, 0.25) is 0 Å². The normalized spacial score (nSPS) is 15.3. The maximum atomic E-state index is 11.5. The van der Waals surface area contributed by atoms with Crippen LogP contribution in [0.2, 0.25) is 0 Å². The van der Waals surface area contributed by atoms with Crippen LogP contribution in [0.15, 0.2) is 24.5 Å². The van der Waals surface area contributed by atoms with Crippen molar-refractivity contribution in [3.63, 3.8) is 0 Å². The largest absolute Gasteiger partial charge is 0.492 e. The molecule has 0 spiro atoms. The zero-order chi connectivity index (χ0) is 10.7. The topological polar surface area (TPSA) is 39.2 Å². The molecule has 1 aromatic heterocycles. The van der Waals surface area contributed by atoms with E-state index in [4.69, 9.17) is 4.74 Å². The summed E-state index contributed by atoms with van der Waals surface area (Å²) < 4.78 is 5.34. The van der Waals surface area contributed by atoms with Crippen LogP contribution < -0.4 is 4.74 Å². The third-order valence-corrected chi connectivity index (χ3v) is 2.36. The molecular formula is C12H13NO2. The van der Waals surface area contributed by atoms with Crippen molar-refractivity contribution in [1.29, 1.82) is 0 Å². The predicted molar refractivity (Wildman–Crippen MR) is 57.6 cm³/mol. The van der Waals surface area contributed by atoms with E-state index in [0.717, 1.165) is 23.3 Å². The van der Waals surface area contributed by atoms with Crippen LogP contribution in [0.3, 0.4) is 0 Å². The molecule has 1 heterocycles. The Morgan fingerprint density at radius 1 is 1.47 bits per heavy atom. The lowest BCUT2D eigenvalue weighted by atomic mass is 10.1. The lowest BCUT2D eigenvalue weighted by Crippen LogP contribution is -1.97. The maximum Gasteiger partial charge on any atom is 0.163 e. The molecule has 0 amide bonds. The first-order valence-electron chi connectivity index (χ1n) is 5.13. The molecule has 1 aromatic rings. The van der Waals surface area contributed by atoms with Crippen LogP contribution in [-0.4, -0.2) is 17.4 Å². The zero-order valence-electron chi connectivity index (χ0n) is 8.69. The highest BCUT2D eigenvalue weighted by Gasteiger charge is 2.17. The van der Waals surface area contributed by atoms with E-state index in [1.54, 1.807) is 12.4 Å². The summed E-state index contributed by atoms with van der Waals surface area (Å²) in [6.45, 7) is 2.53. The number of Topliss-reactive ketones (excluding diaryl/α,β-unsaturated/α-hetero) is 1. The van der Waals surface area contributed by atoms with E-state index < -0.39 is 0 Å². The van der Waals surface area contributed by atoms with Crippen molar-refractivity contribution in [3.8, 4) is 5.75 Å². The number of hydrogen-bond acceptors (Lipinski definition) is 3. The molecule has 0 bridgehead atoms. The molecule has 0 unspecified atom stereocenters. The molecule has 3 nitrogen and oxygen atoms in total. The molecular weight excluding hydrogens is 190 g/mol. The summed E-state index contributed by atoms with van der Waals surface area (Å²) in [6, 6.07) is 1.87. The highest BCUT2D eigenvalue weighted by molar-refractivity contribution is 6.22. The Balaban J connectivity index is 2.28. The smallest absolute Gasteiger partial charge is 0.163 e. The number of allylic oxidation sites excluding steroid dienone is 2. The lowest BCUT2D eigenvalue weighted by molar-refractivity contribution is -0.113. The summed E-state index contributed by atoms with van der Waals surface area (Å²) in [5.41, 5.74) is 1.65. The Kier molecular flexibility index (Phi) is 2.81. The highest BCUT2D eigenvalue weighted by Crippen LogP contribution is 2.26. The number of carbonyl (C=O) groups excluding carboxylic acids is 1. The average molecular weight is 203 g/mol. The van der Waals surface area contributed by atoms with Gasteiger partial charge in [0.15, 0.2) is 5.78 Å². The van der Waals surface area contributed by atoms with Gasteiger partial charge in [0.25, 0.3) is 0 Å². The Bertz CT molecular complexity index is 410. The minimum absolute atomic E-state index is 0.199. The molecule has 0 fully saturated rings. The number of ether oxygens (including phenoxy) is 1. The van der Waals surface area contributed by atoms with Crippen molar-refractivity contribution >= 4 is 11.4 Å². The zero-order valence-corrected chi connectivity index (χ0v) is 8.69. The molecule has 0 radical (unpaired) electrons. The molecule has 1 aliphatic carbocycles. The van der Waals surface area contributed by atoms with Gasteiger partial charge in [0, 0.05) is 23.8 Å². The number of ketones is 1.